The standard InChI is InChI=1S/C11H16N4O/c16-11(8-14-9-3-1-2-4-9)15-10-7-12-5-6-13-10/h5-7,9,14H,1-4,8H2,(H,13,15,16). The highest BCUT2D eigenvalue weighted by molar-refractivity contribution is 5.91. The van der Waals surface area contributed by atoms with Gasteiger partial charge < -0.3 is 10.6 Å². The Kier molecular flexibility index (Phi) is 3.82. The van der Waals surface area contributed by atoms with Crippen molar-refractivity contribution >= 4 is 11.7 Å². The maximum Gasteiger partial charge on any atom is 0.239 e. The Labute approximate surface area is 94.7 Å². The Morgan fingerprint density at radius 1 is 1.38 bits per heavy atom. The molecule has 0 bridgehead atoms. The van der Waals surface area contributed by atoms with E-state index in [2.05, 4.69) is 20.6 Å². The second-order valence-electron chi connectivity index (χ2n) is 4.00. The van der Waals surface area contributed by atoms with Crippen LogP contribution >= 0.6 is 0 Å². The summed E-state index contributed by atoms with van der Waals surface area (Å²) in [6, 6.07) is 0.507. The van der Waals surface area contributed by atoms with Crippen molar-refractivity contribution in [1.82, 2.24) is 15.3 Å². The number of hydrogen-bond donors (Lipinski definition) is 2. The van der Waals surface area contributed by atoms with Gasteiger partial charge in [0.05, 0.1) is 12.7 Å². The van der Waals surface area contributed by atoms with Crippen LogP contribution in [0.25, 0.3) is 0 Å². The molecular weight excluding hydrogens is 204 g/mol. The monoisotopic (exact) mass is 220 g/mol. The van der Waals surface area contributed by atoms with E-state index in [1.807, 2.05) is 0 Å². The van der Waals surface area contributed by atoms with Crippen LogP contribution in [-0.2, 0) is 4.79 Å². The predicted molar refractivity (Wildman–Crippen MR) is 60.9 cm³/mol. The van der Waals surface area contributed by atoms with E-state index in [1.54, 1.807) is 12.4 Å². The summed E-state index contributed by atoms with van der Waals surface area (Å²) in [5.41, 5.74) is 0. The fraction of sp³-hybridized carbons (Fsp3) is 0.545. The van der Waals surface area contributed by atoms with E-state index in [9.17, 15) is 4.79 Å². The van der Waals surface area contributed by atoms with Crippen LogP contribution in [0, 0.1) is 0 Å². The van der Waals surface area contributed by atoms with Crippen molar-refractivity contribution < 1.29 is 4.79 Å². The van der Waals surface area contributed by atoms with Crippen LogP contribution in [0.15, 0.2) is 18.6 Å². The van der Waals surface area contributed by atoms with Crippen molar-refractivity contribution in [3.05, 3.63) is 18.6 Å². The number of anilines is 1. The van der Waals surface area contributed by atoms with Crippen molar-refractivity contribution in [3.63, 3.8) is 0 Å². The summed E-state index contributed by atoms with van der Waals surface area (Å²) in [4.78, 5) is 19.4. The lowest BCUT2D eigenvalue weighted by atomic mass is 10.2. The van der Waals surface area contributed by atoms with Crippen molar-refractivity contribution in [2.45, 2.75) is 31.7 Å². The van der Waals surface area contributed by atoms with Gasteiger partial charge in [-0.15, -0.1) is 0 Å². The summed E-state index contributed by atoms with van der Waals surface area (Å²) in [6.45, 7) is 0.348. The van der Waals surface area contributed by atoms with Gasteiger partial charge in [-0.1, -0.05) is 12.8 Å². The first-order valence-corrected chi connectivity index (χ1v) is 5.64. The van der Waals surface area contributed by atoms with E-state index in [0.29, 0.717) is 18.4 Å². The van der Waals surface area contributed by atoms with E-state index in [0.717, 1.165) is 0 Å². The van der Waals surface area contributed by atoms with Gasteiger partial charge in [-0.2, -0.15) is 0 Å². The molecule has 1 aromatic rings. The van der Waals surface area contributed by atoms with E-state index >= 15 is 0 Å². The van der Waals surface area contributed by atoms with Crippen LogP contribution in [0.4, 0.5) is 5.82 Å². The lowest BCUT2D eigenvalue weighted by Crippen LogP contribution is -2.34. The van der Waals surface area contributed by atoms with Crippen molar-refractivity contribution in [2.24, 2.45) is 0 Å². The zero-order chi connectivity index (χ0) is 11.2. The molecule has 5 heteroatoms. The second kappa shape index (κ2) is 5.55. The number of aromatic nitrogens is 2. The highest BCUT2D eigenvalue weighted by Crippen LogP contribution is 2.17. The van der Waals surface area contributed by atoms with E-state index in [-0.39, 0.29) is 5.91 Å². The summed E-state index contributed by atoms with van der Waals surface area (Å²) < 4.78 is 0. The van der Waals surface area contributed by atoms with Gasteiger partial charge in [-0.25, -0.2) is 4.98 Å². The number of nitrogens with one attached hydrogen (secondary N) is 2. The smallest absolute Gasteiger partial charge is 0.239 e. The van der Waals surface area contributed by atoms with Gasteiger partial charge in [0, 0.05) is 18.4 Å². The molecule has 0 unspecified atom stereocenters. The normalized spacial score (nSPS) is 16.2. The molecule has 0 spiro atoms. The average molecular weight is 220 g/mol. The molecule has 0 aliphatic heterocycles. The second-order valence-corrected chi connectivity index (χ2v) is 4.00. The van der Waals surface area contributed by atoms with Gasteiger partial charge in [0.1, 0.15) is 0 Å². The van der Waals surface area contributed by atoms with Crippen molar-refractivity contribution in [3.8, 4) is 0 Å². The molecule has 5 nitrogen and oxygen atoms in total. The third-order valence-corrected chi connectivity index (χ3v) is 2.74. The first-order valence-electron chi connectivity index (χ1n) is 5.64. The number of carbonyl (C=O) groups excluding carboxylic acids is 1. The van der Waals surface area contributed by atoms with Gasteiger partial charge in [0.2, 0.25) is 5.91 Å². The Morgan fingerprint density at radius 3 is 2.88 bits per heavy atom. The lowest BCUT2D eigenvalue weighted by Gasteiger charge is -2.11. The quantitative estimate of drug-likeness (QED) is 0.792. The molecule has 1 saturated carbocycles. The molecule has 2 rings (SSSR count). The molecule has 1 aliphatic carbocycles. The zero-order valence-corrected chi connectivity index (χ0v) is 9.15. The molecule has 86 valence electrons. The number of nitrogens with zero attached hydrogens (tertiary/aromatic N) is 2. The molecule has 0 radical (unpaired) electrons. The Balaban J connectivity index is 1.72. The zero-order valence-electron chi connectivity index (χ0n) is 9.15. The Bertz CT molecular complexity index is 335. The lowest BCUT2D eigenvalue weighted by molar-refractivity contribution is -0.115. The number of amides is 1. The number of hydrogen-bond acceptors (Lipinski definition) is 4. The fourth-order valence-electron chi connectivity index (χ4n) is 1.92. The molecule has 16 heavy (non-hydrogen) atoms. The topological polar surface area (TPSA) is 66.9 Å². The molecule has 0 atom stereocenters. The third-order valence-electron chi connectivity index (χ3n) is 2.74. The van der Waals surface area contributed by atoms with Crippen LogP contribution in [0.5, 0.6) is 0 Å². The molecule has 1 amide bonds. The molecule has 2 N–H and O–H groups in total. The fourth-order valence-corrected chi connectivity index (χ4v) is 1.92. The maximum atomic E-state index is 11.5. The minimum Gasteiger partial charge on any atom is -0.308 e. The first kappa shape index (κ1) is 11.0. The summed E-state index contributed by atoms with van der Waals surface area (Å²) in [7, 11) is 0. The third kappa shape index (κ3) is 3.27. The van der Waals surface area contributed by atoms with Gasteiger partial charge in [0.15, 0.2) is 5.82 Å². The first-order chi connectivity index (χ1) is 7.84. The Morgan fingerprint density at radius 2 is 2.19 bits per heavy atom. The van der Waals surface area contributed by atoms with Crippen LogP contribution in [-0.4, -0.2) is 28.5 Å². The molecular formula is C11H16N4O. The largest absolute Gasteiger partial charge is 0.308 e. The van der Waals surface area contributed by atoms with Crippen LogP contribution in [0.3, 0.4) is 0 Å². The van der Waals surface area contributed by atoms with E-state index in [1.165, 1.54) is 31.9 Å². The average Bonchev–Trinajstić information content (AvgIpc) is 2.81. The predicted octanol–water partition coefficient (Wildman–Crippen LogP) is 0.947. The van der Waals surface area contributed by atoms with Crippen molar-refractivity contribution in [2.75, 3.05) is 11.9 Å². The van der Waals surface area contributed by atoms with Gasteiger partial charge in [-0.05, 0) is 12.8 Å². The molecule has 0 saturated heterocycles. The van der Waals surface area contributed by atoms with Crippen LogP contribution in [0.1, 0.15) is 25.7 Å². The van der Waals surface area contributed by atoms with Crippen LogP contribution < -0.4 is 10.6 Å². The van der Waals surface area contributed by atoms with Gasteiger partial charge >= 0.3 is 0 Å². The minimum atomic E-state index is -0.0626. The molecule has 1 fully saturated rings. The number of rotatable bonds is 4. The molecule has 1 aliphatic rings. The summed E-state index contributed by atoms with van der Waals surface area (Å²) in [5, 5.41) is 5.93. The number of carbonyl (C=O) groups is 1. The van der Waals surface area contributed by atoms with Gasteiger partial charge in [0.25, 0.3) is 0 Å². The molecule has 1 aromatic heterocycles. The SMILES string of the molecule is O=C(CNC1CCCC1)Nc1cnccn1. The maximum absolute atomic E-state index is 11.5. The molecule has 1 heterocycles. The van der Waals surface area contributed by atoms with Crippen LogP contribution in [0.2, 0.25) is 0 Å². The van der Waals surface area contributed by atoms with E-state index in [4.69, 9.17) is 0 Å². The molecule has 0 aromatic carbocycles. The summed E-state index contributed by atoms with van der Waals surface area (Å²) in [6.07, 6.45) is 9.56. The van der Waals surface area contributed by atoms with Crippen molar-refractivity contribution in [1.29, 1.82) is 0 Å². The highest BCUT2D eigenvalue weighted by atomic mass is 16.2. The summed E-state index contributed by atoms with van der Waals surface area (Å²) >= 11 is 0. The van der Waals surface area contributed by atoms with E-state index < -0.39 is 0 Å². The minimum absolute atomic E-state index is 0.0626. The van der Waals surface area contributed by atoms with Gasteiger partial charge in [-0.3, -0.25) is 9.78 Å². The Hall–Kier alpha value is -1.49. The highest BCUT2D eigenvalue weighted by Gasteiger charge is 2.15. The summed E-state index contributed by atoms with van der Waals surface area (Å²) in [5.74, 6) is 0.438.